The standard InChI is InChI=1S/C19H14ClFN4O3S/c20-12-6-8-13(9-7-12)28-16-4-1-5-17-18(16)24-19(25-29(17,26)27)23-11-15-14(21)3-2-10-22-15/h1-10H,11H2,(H2,23,24,25). The van der Waals surface area contributed by atoms with Crippen molar-refractivity contribution in [1.82, 2.24) is 9.71 Å². The van der Waals surface area contributed by atoms with Crippen molar-refractivity contribution in [3.05, 3.63) is 77.3 Å². The van der Waals surface area contributed by atoms with E-state index in [1.807, 2.05) is 0 Å². The van der Waals surface area contributed by atoms with Gasteiger partial charge in [0.1, 0.15) is 22.1 Å². The lowest BCUT2D eigenvalue weighted by Crippen LogP contribution is -2.40. The van der Waals surface area contributed by atoms with Crippen molar-refractivity contribution < 1.29 is 17.5 Å². The van der Waals surface area contributed by atoms with Gasteiger partial charge in [0.15, 0.2) is 5.75 Å². The van der Waals surface area contributed by atoms with Gasteiger partial charge in [-0.2, -0.15) is 0 Å². The second kappa shape index (κ2) is 7.69. The second-order valence-corrected chi connectivity index (χ2v) is 8.10. The molecular weight excluding hydrogens is 419 g/mol. The first-order chi connectivity index (χ1) is 13.9. The Labute approximate surface area is 171 Å². The quantitative estimate of drug-likeness (QED) is 0.651. The topological polar surface area (TPSA) is 92.7 Å². The summed E-state index contributed by atoms with van der Waals surface area (Å²) < 4.78 is 47.1. The first-order valence-electron chi connectivity index (χ1n) is 8.42. The van der Waals surface area contributed by atoms with E-state index in [1.165, 1.54) is 24.4 Å². The third kappa shape index (κ3) is 4.15. The van der Waals surface area contributed by atoms with E-state index in [1.54, 1.807) is 36.4 Å². The molecule has 0 aliphatic carbocycles. The van der Waals surface area contributed by atoms with E-state index in [4.69, 9.17) is 16.3 Å². The molecule has 3 aromatic rings. The van der Waals surface area contributed by atoms with E-state index >= 15 is 0 Å². The van der Waals surface area contributed by atoms with Crippen LogP contribution in [0.2, 0.25) is 5.02 Å². The highest BCUT2D eigenvalue weighted by Crippen LogP contribution is 2.36. The van der Waals surface area contributed by atoms with Gasteiger partial charge in [0.2, 0.25) is 5.96 Å². The summed E-state index contributed by atoms with van der Waals surface area (Å²) in [7, 11) is -3.89. The fourth-order valence-electron chi connectivity index (χ4n) is 2.66. The molecule has 1 aliphatic heterocycles. The molecule has 0 saturated carbocycles. The van der Waals surface area contributed by atoms with Gasteiger partial charge in [-0.15, -0.1) is 0 Å². The highest BCUT2D eigenvalue weighted by atomic mass is 35.5. The van der Waals surface area contributed by atoms with E-state index < -0.39 is 15.8 Å². The number of aromatic nitrogens is 1. The number of benzene rings is 2. The molecule has 29 heavy (non-hydrogen) atoms. The Hall–Kier alpha value is -3.17. The van der Waals surface area contributed by atoms with E-state index in [9.17, 15) is 12.8 Å². The van der Waals surface area contributed by atoms with Crippen molar-refractivity contribution in [1.29, 1.82) is 0 Å². The van der Waals surface area contributed by atoms with Gasteiger partial charge in [-0.1, -0.05) is 17.7 Å². The number of ether oxygens (including phenoxy) is 1. The molecule has 10 heteroatoms. The lowest BCUT2D eigenvalue weighted by molar-refractivity contribution is 0.483. The third-order valence-corrected chi connectivity index (χ3v) is 5.65. The molecule has 2 N–H and O–H groups in total. The molecule has 1 aromatic heterocycles. The lowest BCUT2D eigenvalue weighted by Gasteiger charge is -2.23. The van der Waals surface area contributed by atoms with Crippen LogP contribution in [0.5, 0.6) is 11.5 Å². The maximum absolute atomic E-state index is 13.7. The first-order valence-corrected chi connectivity index (χ1v) is 10.3. The Morgan fingerprint density at radius 2 is 1.90 bits per heavy atom. The lowest BCUT2D eigenvalue weighted by atomic mass is 10.2. The molecular formula is C19H14ClFN4O3S. The summed E-state index contributed by atoms with van der Waals surface area (Å²) in [5.74, 6) is 0.179. The SMILES string of the molecule is O=S1(=O)NC(=NCc2ncccc2F)Nc2c(Oc3ccc(Cl)cc3)cccc21. The Bertz CT molecular complexity index is 1200. The maximum Gasteiger partial charge on any atom is 0.266 e. The van der Waals surface area contributed by atoms with E-state index in [0.717, 1.165) is 0 Å². The average molecular weight is 433 g/mol. The summed E-state index contributed by atoms with van der Waals surface area (Å²) in [5.41, 5.74) is 0.318. The van der Waals surface area contributed by atoms with Gasteiger partial charge < -0.3 is 10.1 Å². The zero-order valence-electron chi connectivity index (χ0n) is 14.8. The number of fused-ring (bicyclic) bond motifs is 1. The summed E-state index contributed by atoms with van der Waals surface area (Å²) in [6.45, 7) is -0.146. The number of anilines is 1. The fraction of sp³-hybridized carbons (Fsp3) is 0.0526. The smallest absolute Gasteiger partial charge is 0.266 e. The summed E-state index contributed by atoms with van der Waals surface area (Å²) in [6.07, 6.45) is 1.43. The Balaban J connectivity index is 1.67. The highest BCUT2D eigenvalue weighted by Gasteiger charge is 2.29. The number of hydrogen-bond donors (Lipinski definition) is 2. The number of rotatable bonds is 4. The highest BCUT2D eigenvalue weighted by molar-refractivity contribution is 7.90. The molecule has 0 unspecified atom stereocenters. The van der Waals surface area contributed by atoms with Crippen molar-refractivity contribution in [2.45, 2.75) is 11.4 Å². The molecule has 4 rings (SSSR count). The van der Waals surface area contributed by atoms with Crippen LogP contribution in [0, 0.1) is 5.82 Å². The number of guanidine groups is 1. The second-order valence-electron chi connectivity index (χ2n) is 6.01. The van der Waals surface area contributed by atoms with Gasteiger partial charge in [0.05, 0.1) is 12.2 Å². The van der Waals surface area contributed by atoms with Crippen molar-refractivity contribution in [2.75, 3.05) is 5.32 Å². The van der Waals surface area contributed by atoms with E-state index in [0.29, 0.717) is 10.8 Å². The van der Waals surface area contributed by atoms with Crippen molar-refractivity contribution in [3.63, 3.8) is 0 Å². The normalized spacial score (nSPS) is 15.9. The summed E-state index contributed by atoms with van der Waals surface area (Å²) in [6, 6.07) is 14.0. The van der Waals surface area contributed by atoms with Crippen LogP contribution in [0.15, 0.2) is 70.7 Å². The van der Waals surface area contributed by atoms with Crippen molar-refractivity contribution in [2.24, 2.45) is 4.99 Å². The van der Waals surface area contributed by atoms with Crippen LogP contribution in [0.1, 0.15) is 5.69 Å². The monoisotopic (exact) mass is 432 g/mol. The Morgan fingerprint density at radius 3 is 2.66 bits per heavy atom. The predicted molar refractivity (Wildman–Crippen MR) is 107 cm³/mol. The molecule has 1 aliphatic rings. The van der Waals surface area contributed by atoms with Crippen LogP contribution in [0.3, 0.4) is 0 Å². The molecule has 0 amide bonds. The van der Waals surface area contributed by atoms with Gasteiger partial charge in [0, 0.05) is 11.2 Å². The molecule has 0 saturated heterocycles. The molecule has 0 atom stereocenters. The van der Waals surface area contributed by atoms with E-state index in [-0.39, 0.29) is 34.5 Å². The summed E-state index contributed by atoms with van der Waals surface area (Å²) in [5, 5.41) is 3.45. The van der Waals surface area contributed by atoms with Crippen molar-refractivity contribution in [3.8, 4) is 11.5 Å². The number of nitrogens with one attached hydrogen (secondary N) is 2. The predicted octanol–water partition coefficient (Wildman–Crippen LogP) is 3.93. The van der Waals surface area contributed by atoms with Crippen LogP contribution in [-0.2, 0) is 16.6 Å². The number of sulfonamides is 1. The number of para-hydroxylation sites is 1. The molecule has 0 fully saturated rings. The van der Waals surface area contributed by atoms with Gasteiger partial charge in [-0.05, 0) is 48.5 Å². The van der Waals surface area contributed by atoms with Gasteiger partial charge >= 0.3 is 0 Å². The number of hydrogen-bond acceptors (Lipinski definition) is 5. The van der Waals surface area contributed by atoms with Crippen molar-refractivity contribution >= 4 is 33.3 Å². The number of pyridine rings is 1. The van der Waals surface area contributed by atoms with Crippen LogP contribution < -0.4 is 14.8 Å². The minimum atomic E-state index is -3.89. The molecule has 148 valence electrons. The minimum Gasteiger partial charge on any atom is -0.455 e. The maximum atomic E-state index is 13.7. The van der Waals surface area contributed by atoms with Crippen LogP contribution >= 0.6 is 11.6 Å². The molecule has 2 aromatic carbocycles. The van der Waals surface area contributed by atoms with Gasteiger partial charge in [-0.25, -0.2) is 22.5 Å². The third-order valence-electron chi connectivity index (χ3n) is 4.02. The minimum absolute atomic E-state index is 0.00642. The Morgan fingerprint density at radius 1 is 1.10 bits per heavy atom. The Kier molecular flexibility index (Phi) is 5.08. The summed E-state index contributed by atoms with van der Waals surface area (Å²) in [4.78, 5) is 8.02. The number of nitrogens with zero attached hydrogens (tertiary/aromatic N) is 2. The fourth-order valence-corrected chi connectivity index (χ4v) is 3.94. The van der Waals surface area contributed by atoms with Crippen LogP contribution in [0.25, 0.3) is 0 Å². The number of halogens is 2. The average Bonchev–Trinajstić information content (AvgIpc) is 2.69. The largest absolute Gasteiger partial charge is 0.455 e. The van der Waals surface area contributed by atoms with E-state index in [2.05, 4.69) is 20.0 Å². The van der Waals surface area contributed by atoms with Gasteiger partial charge in [0.25, 0.3) is 10.0 Å². The molecule has 0 bridgehead atoms. The zero-order valence-corrected chi connectivity index (χ0v) is 16.3. The first kappa shape index (κ1) is 19.2. The molecule has 0 radical (unpaired) electrons. The molecule has 2 heterocycles. The van der Waals surface area contributed by atoms with Gasteiger partial charge in [-0.3, -0.25) is 4.98 Å². The van der Waals surface area contributed by atoms with Crippen LogP contribution in [-0.4, -0.2) is 19.4 Å². The van der Waals surface area contributed by atoms with Crippen LogP contribution in [0.4, 0.5) is 10.1 Å². The summed E-state index contributed by atoms with van der Waals surface area (Å²) >= 11 is 5.88. The molecule has 0 spiro atoms. The molecule has 7 nitrogen and oxygen atoms in total. The zero-order chi connectivity index (χ0) is 20.4. The number of aliphatic imine (C=N–C) groups is 1.